The fraction of sp³-hybridized carbons (Fsp3) is 0. The lowest BCUT2D eigenvalue weighted by Crippen LogP contribution is -1.96. The minimum absolute atomic E-state index is 1.12. The number of fused-ring (bicyclic) bond motifs is 6. The standard InChI is InChI=1S/C26H16BrN/c27-23-15-16-25(20-10-4-3-9-19(20)23)28-24-12-6-5-11-21(24)22-14-13-17-7-1-2-8-18(17)26(22)28/h1-16H. The van der Waals surface area contributed by atoms with E-state index in [1.165, 1.54) is 49.0 Å². The Bertz CT molecular complexity index is 1520. The Balaban J connectivity index is 1.91. The minimum atomic E-state index is 1.12. The number of benzene rings is 5. The molecule has 1 nitrogen and oxygen atoms in total. The maximum Gasteiger partial charge on any atom is 0.0619 e. The summed E-state index contributed by atoms with van der Waals surface area (Å²) in [4.78, 5) is 0. The third-order valence-corrected chi connectivity index (χ3v) is 6.34. The van der Waals surface area contributed by atoms with Crippen LogP contribution in [0.5, 0.6) is 0 Å². The van der Waals surface area contributed by atoms with E-state index in [9.17, 15) is 0 Å². The van der Waals surface area contributed by atoms with Gasteiger partial charge in [-0.1, -0.05) is 94.8 Å². The topological polar surface area (TPSA) is 4.93 Å². The van der Waals surface area contributed by atoms with Gasteiger partial charge in [-0.2, -0.15) is 0 Å². The molecule has 2 heteroatoms. The van der Waals surface area contributed by atoms with Crippen LogP contribution in [0.1, 0.15) is 0 Å². The van der Waals surface area contributed by atoms with Crippen molar-refractivity contribution in [3.63, 3.8) is 0 Å². The third kappa shape index (κ3) is 2.12. The van der Waals surface area contributed by atoms with E-state index in [2.05, 4.69) is 118 Å². The number of rotatable bonds is 1. The van der Waals surface area contributed by atoms with E-state index in [-0.39, 0.29) is 0 Å². The van der Waals surface area contributed by atoms with Crippen LogP contribution in [-0.4, -0.2) is 4.57 Å². The Morgan fingerprint density at radius 1 is 0.500 bits per heavy atom. The van der Waals surface area contributed by atoms with Crippen molar-refractivity contribution >= 4 is 59.3 Å². The predicted octanol–water partition coefficient (Wildman–Crippen LogP) is 7.85. The summed E-state index contributed by atoms with van der Waals surface area (Å²) in [7, 11) is 0. The van der Waals surface area contributed by atoms with E-state index >= 15 is 0 Å². The van der Waals surface area contributed by atoms with Gasteiger partial charge in [-0.15, -0.1) is 0 Å². The smallest absolute Gasteiger partial charge is 0.0619 e. The second-order valence-corrected chi connectivity index (χ2v) is 8.00. The van der Waals surface area contributed by atoms with Gasteiger partial charge in [0.05, 0.1) is 16.7 Å². The van der Waals surface area contributed by atoms with Crippen LogP contribution in [0, 0.1) is 0 Å². The van der Waals surface area contributed by atoms with Crippen molar-refractivity contribution in [2.24, 2.45) is 0 Å². The molecule has 0 saturated heterocycles. The molecule has 0 aliphatic heterocycles. The van der Waals surface area contributed by atoms with Crippen LogP contribution in [0.25, 0.3) is 49.0 Å². The van der Waals surface area contributed by atoms with Gasteiger partial charge in [0.25, 0.3) is 0 Å². The highest BCUT2D eigenvalue weighted by molar-refractivity contribution is 9.10. The summed E-state index contributed by atoms with van der Waals surface area (Å²) in [5.41, 5.74) is 3.72. The molecule has 1 heterocycles. The molecule has 1 aromatic heterocycles. The van der Waals surface area contributed by atoms with E-state index in [0.29, 0.717) is 0 Å². The SMILES string of the molecule is Brc1ccc(-n2c3ccccc3c3ccc4ccccc4c32)c2ccccc12. The zero-order valence-corrected chi connectivity index (χ0v) is 16.6. The van der Waals surface area contributed by atoms with Crippen LogP contribution in [0.15, 0.2) is 102 Å². The molecule has 0 spiro atoms. The molecule has 0 unspecified atom stereocenters. The lowest BCUT2D eigenvalue weighted by molar-refractivity contribution is 1.20. The molecular weight excluding hydrogens is 406 g/mol. The molecule has 6 aromatic rings. The highest BCUT2D eigenvalue weighted by atomic mass is 79.9. The van der Waals surface area contributed by atoms with Crippen molar-refractivity contribution in [1.82, 2.24) is 4.57 Å². The average Bonchev–Trinajstić information content (AvgIpc) is 3.09. The third-order valence-electron chi connectivity index (χ3n) is 5.65. The summed E-state index contributed by atoms with van der Waals surface area (Å²) >= 11 is 3.72. The molecule has 6 rings (SSSR count). The van der Waals surface area contributed by atoms with E-state index in [4.69, 9.17) is 0 Å². The van der Waals surface area contributed by atoms with Gasteiger partial charge in [0.15, 0.2) is 0 Å². The molecule has 0 amide bonds. The number of nitrogens with zero attached hydrogens (tertiary/aromatic N) is 1. The van der Waals surface area contributed by atoms with Crippen molar-refractivity contribution in [2.45, 2.75) is 0 Å². The maximum atomic E-state index is 3.72. The van der Waals surface area contributed by atoms with Crippen molar-refractivity contribution in [2.75, 3.05) is 0 Å². The Hall–Kier alpha value is -3.10. The van der Waals surface area contributed by atoms with Gasteiger partial charge in [0.1, 0.15) is 0 Å². The maximum absolute atomic E-state index is 3.72. The molecule has 0 aliphatic rings. The highest BCUT2D eigenvalue weighted by Crippen LogP contribution is 2.39. The molecule has 0 aliphatic carbocycles. The summed E-state index contributed by atoms with van der Waals surface area (Å²) in [5.74, 6) is 0. The predicted molar refractivity (Wildman–Crippen MR) is 123 cm³/mol. The number of halogens is 1. The van der Waals surface area contributed by atoms with Gasteiger partial charge in [-0.3, -0.25) is 0 Å². The van der Waals surface area contributed by atoms with Crippen LogP contribution in [0.2, 0.25) is 0 Å². The molecule has 0 radical (unpaired) electrons. The Morgan fingerprint density at radius 2 is 1.18 bits per heavy atom. The second-order valence-electron chi connectivity index (χ2n) is 7.15. The van der Waals surface area contributed by atoms with Crippen LogP contribution >= 0.6 is 15.9 Å². The van der Waals surface area contributed by atoms with Crippen LogP contribution in [0.3, 0.4) is 0 Å². The van der Waals surface area contributed by atoms with E-state index in [1.54, 1.807) is 0 Å². The van der Waals surface area contributed by atoms with E-state index in [0.717, 1.165) is 4.47 Å². The monoisotopic (exact) mass is 421 g/mol. The first-order chi connectivity index (χ1) is 13.8. The Labute approximate surface area is 171 Å². The van der Waals surface area contributed by atoms with Gasteiger partial charge in [0, 0.05) is 26.0 Å². The zero-order valence-electron chi connectivity index (χ0n) is 15.1. The van der Waals surface area contributed by atoms with Gasteiger partial charge >= 0.3 is 0 Å². The first-order valence-corrected chi connectivity index (χ1v) is 10.2. The van der Waals surface area contributed by atoms with Gasteiger partial charge < -0.3 is 4.57 Å². The summed E-state index contributed by atoms with van der Waals surface area (Å²) in [6.07, 6.45) is 0. The van der Waals surface area contributed by atoms with Gasteiger partial charge in [-0.05, 0) is 29.0 Å². The summed E-state index contributed by atoms with van der Waals surface area (Å²) in [6, 6.07) is 34.8. The molecule has 132 valence electrons. The van der Waals surface area contributed by atoms with Crippen LogP contribution < -0.4 is 0 Å². The summed E-state index contributed by atoms with van der Waals surface area (Å²) in [6.45, 7) is 0. The van der Waals surface area contributed by atoms with Crippen molar-refractivity contribution < 1.29 is 0 Å². The fourth-order valence-corrected chi connectivity index (χ4v) is 4.90. The number of hydrogen-bond acceptors (Lipinski definition) is 0. The second kappa shape index (κ2) is 5.95. The number of hydrogen-bond donors (Lipinski definition) is 0. The summed E-state index contributed by atoms with van der Waals surface area (Å²) < 4.78 is 3.55. The first kappa shape index (κ1) is 15.9. The highest BCUT2D eigenvalue weighted by Gasteiger charge is 2.16. The molecule has 0 atom stereocenters. The normalized spacial score (nSPS) is 11.8. The molecule has 5 aromatic carbocycles. The lowest BCUT2D eigenvalue weighted by atomic mass is 10.1. The molecule has 0 saturated carbocycles. The number of aromatic nitrogens is 1. The molecule has 28 heavy (non-hydrogen) atoms. The first-order valence-electron chi connectivity index (χ1n) is 9.41. The molecule has 0 N–H and O–H groups in total. The summed E-state index contributed by atoms with van der Waals surface area (Å²) in [5, 5.41) is 7.60. The molecular formula is C26H16BrN. The zero-order chi connectivity index (χ0) is 18.7. The average molecular weight is 422 g/mol. The van der Waals surface area contributed by atoms with Crippen LogP contribution in [0.4, 0.5) is 0 Å². The van der Waals surface area contributed by atoms with E-state index in [1.807, 2.05) is 0 Å². The van der Waals surface area contributed by atoms with E-state index < -0.39 is 0 Å². The van der Waals surface area contributed by atoms with Gasteiger partial charge in [-0.25, -0.2) is 0 Å². The largest absolute Gasteiger partial charge is 0.308 e. The van der Waals surface area contributed by atoms with Gasteiger partial charge in [0.2, 0.25) is 0 Å². The molecule has 0 bridgehead atoms. The minimum Gasteiger partial charge on any atom is -0.308 e. The Morgan fingerprint density at radius 3 is 2.04 bits per heavy atom. The van der Waals surface area contributed by atoms with Crippen molar-refractivity contribution in [1.29, 1.82) is 0 Å². The lowest BCUT2D eigenvalue weighted by Gasteiger charge is -2.13. The number of para-hydroxylation sites is 1. The Kier molecular flexibility index (Phi) is 3.38. The fourth-order valence-electron chi connectivity index (χ4n) is 4.42. The molecule has 0 fully saturated rings. The quantitative estimate of drug-likeness (QED) is 0.254. The van der Waals surface area contributed by atoms with Crippen LogP contribution in [-0.2, 0) is 0 Å². The van der Waals surface area contributed by atoms with Crippen molar-refractivity contribution in [3.05, 3.63) is 102 Å². The van der Waals surface area contributed by atoms with Crippen molar-refractivity contribution in [3.8, 4) is 5.69 Å².